The molecule has 0 bridgehead atoms. The number of hydrogen-bond donors (Lipinski definition) is 0. The molecule has 1 aromatic carbocycles. The molecule has 0 saturated carbocycles. The molecule has 3 heterocycles. The fraction of sp³-hybridized carbons (Fsp3) is 0.280. The lowest BCUT2D eigenvalue weighted by atomic mass is 10.1. The average Bonchev–Trinajstić information content (AvgIpc) is 3.19. The molecule has 3 aromatic rings. The number of carbonyl (C=O) groups is 2. The fourth-order valence-electron chi connectivity index (χ4n) is 3.95. The van der Waals surface area contributed by atoms with Crippen LogP contribution in [-0.2, 0) is 29.1 Å². The summed E-state index contributed by atoms with van der Waals surface area (Å²) < 4.78 is 0. The Morgan fingerprint density at radius 1 is 0.903 bits per heavy atom. The van der Waals surface area contributed by atoms with Gasteiger partial charge in [-0.2, -0.15) is 0 Å². The Kier molecular flexibility index (Phi) is 6.67. The molecule has 1 aliphatic rings. The molecule has 4 rings (SSSR count). The zero-order chi connectivity index (χ0) is 21.5. The Bertz CT molecular complexity index is 954. The van der Waals surface area contributed by atoms with E-state index in [2.05, 4.69) is 22.1 Å². The predicted octanol–water partition coefficient (Wildman–Crippen LogP) is 3.10. The van der Waals surface area contributed by atoms with E-state index in [-0.39, 0.29) is 24.2 Å². The van der Waals surface area contributed by atoms with Crippen LogP contribution in [0, 0.1) is 5.92 Å². The van der Waals surface area contributed by atoms with Gasteiger partial charge in [0.2, 0.25) is 11.8 Å². The molecule has 0 aliphatic carbocycles. The Morgan fingerprint density at radius 3 is 2.39 bits per heavy atom. The molecule has 6 heteroatoms. The van der Waals surface area contributed by atoms with Crippen molar-refractivity contribution >= 4 is 11.8 Å². The minimum absolute atomic E-state index is 0.0104. The van der Waals surface area contributed by atoms with Gasteiger partial charge in [-0.15, -0.1) is 0 Å². The van der Waals surface area contributed by atoms with Gasteiger partial charge >= 0.3 is 0 Å². The van der Waals surface area contributed by atoms with Crippen molar-refractivity contribution in [3.05, 3.63) is 96.1 Å². The molecule has 0 spiro atoms. The van der Waals surface area contributed by atoms with Crippen LogP contribution in [-0.4, -0.2) is 44.7 Å². The van der Waals surface area contributed by atoms with E-state index in [1.807, 2.05) is 52.3 Å². The second-order valence-electron chi connectivity index (χ2n) is 7.89. The van der Waals surface area contributed by atoms with Gasteiger partial charge in [-0.05, 0) is 41.3 Å². The van der Waals surface area contributed by atoms with Crippen molar-refractivity contribution in [2.45, 2.75) is 25.9 Å². The van der Waals surface area contributed by atoms with Crippen LogP contribution in [0.5, 0.6) is 0 Å². The van der Waals surface area contributed by atoms with Crippen LogP contribution in [0.2, 0.25) is 0 Å². The molecule has 6 nitrogen and oxygen atoms in total. The summed E-state index contributed by atoms with van der Waals surface area (Å²) in [6, 6.07) is 17.8. The number of carbonyl (C=O) groups excluding carboxylic acids is 2. The first kappa shape index (κ1) is 20.7. The molecule has 2 aromatic heterocycles. The largest absolute Gasteiger partial charge is 0.342 e. The van der Waals surface area contributed by atoms with Gasteiger partial charge in [-0.25, -0.2) is 0 Å². The van der Waals surface area contributed by atoms with Crippen molar-refractivity contribution < 1.29 is 9.59 Å². The van der Waals surface area contributed by atoms with E-state index in [1.54, 1.807) is 24.8 Å². The maximum absolute atomic E-state index is 13.4. The molecule has 2 amide bonds. The van der Waals surface area contributed by atoms with Crippen molar-refractivity contribution in [3.8, 4) is 0 Å². The number of benzene rings is 1. The molecule has 1 atom stereocenters. The van der Waals surface area contributed by atoms with Gasteiger partial charge in [0, 0.05) is 57.4 Å². The quantitative estimate of drug-likeness (QED) is 0.568. The van der Waals surface area contributed by atoms with Gasteiger partial charge in [0.05, 0.1) is 5.92 Å². The first-order valence-electron chi connectivity index (χ1n) is 10.6. The van der Waals surface area contributed by atoms with Gasteiger partial charge in [-0.1, -0.05) is 36.4 Å². The highest BCUT2D eigenvalue weighted by atomic mass is 16.2. The van der Waals surface area contributed by atoms with E-state index >= 15 is 0 Å². The van der Waals surface area contributed by atoms with Gasteiger partial charge in [-0.3, -0.25) is 19.6 Å². The van der Waals surface area contributed by atoms with Gasteiger partial charge in [0.15, 0.2) is 0 Å². The van der Waals surface area contributed by atoms with Gasteiger partial charge in [0.1, 0.15) is 0 Å². The number of pyridine rings is 2. The smallest absolute Gasteiger partial charge is 0.228 e. The van der Waals surface area contributed by atoms with Crippen LogP contribution < -0.4 is 0 Å². The summed E-state index contributed by atoms with van der Waals surface area (Å²) in [6.45, 7) is 2.05. The van der Waals surface area contributed by atoms with Crippen LogP contribution in [0.25, 0.3) is 0 Å². The average molecular weight is 415 g/mol. The fourth-order valence-corrected chi connectivity index (χ4v) is 3.95. The number of amides is 2. The van der Waals surface area contributed by atoms with E-state index in [0.717, 1.165) is 17.5 Å². The molecular formula is C25H26N4O2. The number of nitrogens with zero attached hydrogens (tertiary/aromatic N) is 4. The summed E-state index contributed by atoms with van der Waals surface area (Å²) in [5, 5.41) is 0. The topological polar surface area (TPSA) is 66.4 Å². The second-order valence-corrected chi connectivity index (χ2v) is 7.89. The highest BCUT2D eigenvalue weighted by Crippen LogP contribution is 2.23. The van der Waals surface area contributed by atoms with Crippen molar-refractivity contribution in [1.29, 1.82) is 0 Å². The maximum Gasteiger partial charge on any atom is 0.228 e. The molecule has 158 valence electrons. The lowest BCUT2D eigenvalue weighted by molar-refractivity contribution is -0.137. The number of aromatic nitrogens is 2. The predicted molar refractivity (Wildman–Crippen MR) is 118 cm³/mol. The van der Waals surface area contributed by atoms with E-state index in [1.165, 1.54) is 5.56 Å². The van der Waals surface area contributed by atoms with Crippen LogP contribution in [0.1, 0.15) is 23.1 Å². The second kappa shape index (κ2) is 9.98. The summed E-state index contributed by atoms with van der Waals surface area (Å²) in [4.78, 5) is 37.9. The lowest BCUT2D eigenvalue weighted by Crippen LogP contribution is -2.37. The van der Waals surface area contributed by atoms with Crippen LogP contribution in [0.4, 0.5) is 0 Å². The zero-order valence-corrected chi connectivity index (χ0v) is 17.4. The highest BCUT2D eigenvalue weighted by molar-refractivity contribution is 5.89. The lowest BCUT2D eigenvalue weighted by Gasteiger charge is -2.26. The summed E-state index contributed by atoms with van der Waals surface area (Å²) >= 11 is 0. The summed E-state index contributed by atoms with van der Waals surface area (Å²) in [7, 11) is 0. The zero-order valence-electron chi connectivity index (χ0n) is 17.4. The summed E-state index contributed by atoms with van der Waals surface area (Å²) in [5.74, 6) is -0.252. The summed E-state index contributed by atoms with van der Waals surface area (Å²) in [6.07, 6.45) is 8.02. The first-order valence-corrected chi connectivity index (χ1v) is 10.6. The van der Waals surface area contributed by atoms with E-state index in [0.29, 0.717) is 26.2 Å². The van der Waals surface area contributed by atoms with Gasteiger partial charge in [0.25, 0.3) is 0 Å². The first-order chi connectivity index (χ1) is 15.2. The van der Waals surface area contributed by atoms with E-state index in [9.17, 15) is 9.59 Å². The van der Waals surface area contributed by atoms with Crippen molar-refractivity contribution in [2.24, 2.45) is 5.92 Å². The molecule has 0 radical (unpaired) electrons. The minimum Gasteiger partial charge on any atom is -0.342 e. The Hall–Kier alpha value is -3.54. The molecule has 1 unspecified atom stereocenters. The number of likely N-dealkylation sites (tertiary alicyclic amines) is 1. The number of rotatable bonds is 8. The van der Waals surface area contributed by atoms with Crippen LogP contribution >= 0.6 is 0 Å². The van der Waals surface area contributed by atoms with Crippen molar-refractivity contribution in [3.63, 3.8) is 0 Å². The molecule has 1 saturated heterocycles. The molecular weight excluding hydrogens is 388 g/mol. The molecule has 0 N–H and O–H groups in total. The monoisotopic (exact) mass is 414 g/mol. The van der Waals surface area contributed by atoms with Crippen molar-refractivity contribution in [2.75, 3.05) is 13.1 Å². The third kappa shape index (κ3) is 5.54. The summed E-state index contributed by atoms with van der Waals surface area (Å²) in [5.41, 5.74) is 3.17. The molecule has 31 heavy (non-hydrogen) atoms. The van der Waals surface area contributed by atoms with E-state index < -0.39 is 0 Å². The third-order valence-electron chi connectivity index (χ3n) is 5.61. The van der Waals surface area contributed by atoms with E-state index in [4.69, 9.17) is 0 Å². The van der Waals surface area contributed by atoms with Crippen LogP contribution in [0.3, 0.4) is 0 Å². The normalized spacial score (nSPS) is 15.8. The maximum atomic E-state index is 13.4. The Labute approximate surface area is 182 Å². The van der Waals surface area contributed by atoms with Gasteiger partial charge < -0.3 is 9.80 Å². The van der Waals surface area contributed by atoms with Crippen LogP contribution in [0.15, 0.2) is 79.4 Å². The SMILES string of the molecule is O=C1CC(C(=O)N(Cc2ccncc2)Cc2cccnc2)CN1CCc1ccccc1. The Balaban J connectivity index is 1.43. The number of hydrogen-bond acceptors (Lipinski definition) is 4. The highest BCUT2D eigenvalue weighted by Gasteiger charge is 2.36. The third-order valence-corrected chi connectivity index (χ3v) is 5.61. The Morgan fingerprint density at radius 2 is 1.65 bits per heavy atom. The molecule has 1 aliphatic heterocycles. The van der Waals surface area contributed by atoms with Crippen molar-refractivity contribution in [1.82, 2.24) is 19.8 Å². The standard InChI is InChI=1S/C25H26N4O2/c30-24-15-23(19-28(24)14-10-20-5-2-1-3-6-20)25(31)29(17-21-8-12-26-13-9-21)18-22-7-4-11-27-16-22/h1-9,11-13,16,23H,10,14-15,17-19H2. The minimum atomic E-state index is -0.318. The molecule has 1 fully saturated rings.